The average molecular weight is 256 g/mol. The minimum absolute atomic E-state index is 0. The molecule has 11 heavy (non-hydrogen) atoms. The van der Waals surface area contributed by atoms with Crippen molar-refractivity contribution in [1.82, 2.24) is 0 Å². The van der Waals surface area contributed by atoms with Crippen molar-refractivity contribution in [3.63, 3.8) is 0 Å². The van der Waals surface area contributed by atoms with Gasteiger partial charge in [0.2, 0.25) is 0 Å². The predicted octanol–water partition coefficient (Wildman–Crippen LogP) is -4.25. The maximum absolute atomic E-state index is 8.56. The summed E-state index contributed by atoms with van der Waals surface area (Å²) in [7, 11) is -5.39. The number of hydrogen-bond acceptors (Lipinski definition) is 6. The molecular formula is HCa2O7PS. The zero-order valence-electron chi connectivity index (χ0n) is 5.17. The van der Waals surface area contributed by atoms with Crippen molar-refractivity contribution < 1.29 is 32.6 Å². The molecule has 0 saturated heterocycles. The van der Waals surface area contributed by atoms with Crippen LogP contribution in [0, 0.1) is 0 Å². The van der Waals surface area contributed by atoms with E-state index in [1.165, 1.54) is 0 Å². The van der Waals surface area contributed by atoms with Crippen LogP contribution in [0.5, 0.6) is 0 Å². The van der Waals surface area contributed by atoms with Crippen molar-refractivity contribution in [1.29, 1.82) is 0 Å². The molecule has 0 aliphatic carbocycles. The van der Waals surface area contributed by atoms with Gasteiger partial charge >= 0.3 is 75.5 Å². The van der Waals surface area contributed by atoms with Crippen molar-refractivity contribution in [3.05, 3.63) is 0 Å². The van der Waals surface area contributed by atoms with Gasteiger partial charge < -0.3 is 28.4 Å². The fraction of sp³-hybridized carbons (Fsp3) is 0. The third-order valence-corrected chi connectivity index (χ3v) is 0. The second-order valence-corrected chi connectivity index (χ2v) is 1.99. The van der Waals surface area contributed by atoms with Crippen LogP contribution in [0.2, 0.25) is 0 Å². The first-order valence-electron chi connectivity index (χ1n) is 1.25. The molecule has 0 aliphatic rings. The summed E-state index contributed by atoms with van der Waals surface area (Å²) in [6.45, 7) is 0. The first-order valence-corrected chi connectivity index (χ1v) is 3.74. The predicted molar refractivity (Wildman–Crippen MR) is 30.7 cm³/mol. The molecule has 0 spiro atoms. The zero-order valence-corrected chi connectivity index (χ0v) is 11.3. The second-order valence-electron chi connectivity index (χ2n) is 0.664. The standard InChI is InChI=1S/2Ca.H3O4P.H2O3S/c;;1-5(2,3)4;1-4(2)3/h;;(H3,1,2,3,4);(H2,1,2,3)/q2*+2;;/p-4. The Hall–Kier alpha value is 2.70. The van der Waals surface area contributed by atoms with Gasteiger partial charge in [0, 0.05) is 0 Å². The van der Waals surface area contributed by atoms with E-state index in [4.69, 9.17) is 32.6 Å². The molecule has 0 fully saturated rings. The Balaban J connectivity index is -0.0000000383. The molecule has 1 N–H and O–H groups in total. The van der Waals surface area contributed by atoms with E-state index in [0.29, 0.717) is 0 Å². The fourth-order valence-corrected chi connectivity index (χ4v) is 0. The van der Waals surface area contributed by atoms with Crippen molar-refractivity contribution in [3.8, 4) is 0 Å². The average Bonchev–Trinajstić information content (AvgIpc) is 1.19. The first kappa shape index (κ1) is 23.5. The maximum atomic E-state index is 8.56. The minimum Gasteiger partial charge on any atom is -0.822 e. The van der Waals surface area contributed by atoms with Crippen LogP contribution in [-0.4, -0.2) is 88.8 Å². The van der Waals surface area contributed by atoms with Crippen LogP contribution in [0.15, 0.2) is 0 Å². The summed E-state index contributed by atoms with van der Waals surface area (Å²) >= 11 is -2.86. The van der Waals surface area contributed by atoms with E-state index in [-0.39, 0.29) is 75.5 Å². The van der Waals surface area contributed by atoms with E-state index in [1.54, 1.807) is 0 Å². The first-order chi connectivity index (χ1) is 3.73. The summed E-state index contributed by atoms with van der Waals surface area (Å²) in [6, 6.07) is 0. The Labute approximate surface area is 125 Å². The van der Waals surface area contributed by atoms with Gasteiger partial charge in [0.1, 0.15) is 0 Å². The summed E-state index contributed by atoms with van der Waals surface area (Å²) in [4.78, 5) is 25.6. The Bertz CT molecular complexity index is 116. The molecule has 0 heterocycles. The van der Waals surface area contributed by atoms with Crippen molar-refractivity contribution in [2.75, 3.05) is 0 Å². The van der Waals surface area contributed by atoms with E-state index in [0.717, 1.165) is 0 Å². The molecule has 0 aromatic heterocycles. The maximum Gasteiger partial charge on any atom is 2.00 e. The fourth-order valence-electron chi connectivity index (χ4n) is 0. The summed E-state index contributed by atoms with van der Waals surface area (Å²) in [5.74, 6) is 0. The van der Waals surface area contributed by atoms with E-state index < -0.39 is 19.2 Å². The van der Waals surface area contributed by atoms with E-state index in [1.807, 2.05) is 0 Å². The van der Waals surface area contributed by atoms with E-state index in [9.17, 15) is 0 Å². The molecule has 1 unspecified atom stereocenters. The summed E-state index contributed by atoms with van der Waals surface area (Å²) in [5.41, 5.74) is 0. The van der Waals surface area contributed by atoms with Gasteiger partial charge in [0.05, 0.1) is 11.4 Å². The Morgan fingerprint density at radius 1 is 1.18 bits per heavy atom. The van der Waals surface area contributed by atoms with E-state index >= 15 is 0 Å². The van der Waals surface area contributed by atoms with Crippen LogP contribution in [0.25, 0.3) is 0 Å². The SMILES string of the molecule is O=P([O-])([O-])[O-].O=S([O-])O.[Ca+2].[Ca+2]. The number of rotatable bonds is 0. The summed E-state index contributed by atoms with van der Waals surface area (Å²) < 4.78 is 32.6. The monoisotopic (exact) mass is 256 g/mol. The molecule has 0 amide bonds. The molecule has 0 aliphatic heterocycles. The smallest absolute Gasteiger partial charge is 0.822 e. The quantitative estimate of drug-likeness (QED) is 0.262. The summed E-state index contributed by atoms with van der Waals surface area (Å²) in [6.07, 6.45) is 0. The van der Waals surface area contributed by atoms with Gasteiger partial charge in [-0.15, -0.1) is 0 Å². The van der Waals surface area contributed by atoms with Crippen molar-refractivity contribution in [2.45, 2.75) is 0 Å². The van der Waals surface area contributed by atoms with Gasteiger partial charge in [-0.3, -0.25) is 0 Å². The molecule has 0 radical (unpaired) electrons. The van der Waals surface area contributed by atoms with Gasteiger partial charge in [-0.25, -0.2) is 4.21 Å². The largest absolute Gasteiger partial charge is 2.00 e. The van der Waals surface area contributed by atoms with Gasteiger partial charge in [-0.2, -0.15) is 7.82 Å². The number of phosphoric acid groups is 1. The van der Waals surface area contributed by atoms with Crippen LogP contribution in [0.3, 0.4) is 0 Å². The summed E-state index contributed by atoms with van der Waals surface area (Å²) in [5, 5.41) is 0. The molecule has 0 rings (SSSR count). The Morgan fingerprint density at radius 3 is 1.18 bits per heavy atom. The molecule has 0 aromatic rings. The van der Waals surface area contributed by atoms with Crippen LogP contribution in [0.1, 0.15) is 0 Å². The molecule has 0 saturated carbocycles. The molecule has 1 atom stereocenters. The molecular weight excluding hydrogens is 255 g/mol. The molecule has 0 bridgehead atoms. The third-order valence-electron chi connectivity index (χ3n) is 0. The molecule has 11 heteroatoms. The van der Waals surface area contributed by atoms with Crippen LogP contribution in [-0.2, 0) is 15.9 Å². The van der Waals surface area contributed by atoms with Crippen molar-refractivity contribution in [2.24, 2.45) is 0 Å². The van der Waals surface area contributed by atoms with Gasteiger partial charge in [0.25, 0.3) is 0 Å². The van der Waals surface area contributed by atoms with Crippen LogP contribution in [0.4, 0.5) is 0 Å². The van der Waals surface area contributed by atoms with Crippen LogP contribution >= 0.6 is 7.82 Å². The number of hydrogen-bond donors (Lipinski definition) is 1. The topological polar surface area (TPSA) is 147 Å². The van der Waals surface area contributed by atoms with E-state index in [2.05, 4.69) is 0 Å². The minimum atomic E-state index is -5.39. The van der Waals surface area contributed by atoms with Crippen molar-refractivity contribution >= 4 is 94.7 Å². The zero-order chi connectivity index (χ0) is 8.08. The van der Waals surface area contributed by atoms with Crippen LogP contribution < -0.4 is 14.7 Å². The molecule has 7 nitrogen and oxygen atoms in total. The third kappa shape index (κ3) is 200. The normalized spacial score (nSPS) is 11.0. The molecule has 0 aromatic carbocycles. The van der Waals surface area contributed by atoms with Gasteiger partial charge in [0.15, 0.2) is 0 Å². The molecule has 58 valence electrons. The van der Waals surface area contributed by atoms with Gasteiger partial charge in [-0.1, -0.05) is 0 Å². The Kier molecular flexibility index (Phi) is 27.1. The van der Waals surface area contributed by atoms with Gasteiger partial charge in [-0.05, 0) is 0 Å². The second kappa shape index (κ2) is 12.7. The Morgan fingerprint density at radius 2 is 1.18 bits per heavy atom.